The van der Waals surface area contributed by atoms with Crippen molar-refractivity contribution in [3.05, 3.63) is 53.7 Å². The summed E-state index contributed by atoms with van der Waals surface area (Å²) in [7, 11) is 1.78. The van der Waals surface area contributed by atoms with E-state index < -0.39 is 0 Å². The van der Waals surface area contributed by atoms with Gasteiger partial charge in [0.05, 0.1) is 28.8 Å². The van der Waals surface area contributed by atoms with E-state index >= 15 is 0 Å². The Hall–Kier alpha value is -3.18. The van der Waals surface area contributed by atoms with Crippen LogP contribution < -0.4 is 10.6 Å². The molecule has 0 aliphatic heterocycles. The molecule has 4 rings (SSSR count). The lowest BCUT2D eigenvalue weighted by Gasteiger charge is -2.05. The largest absolute Gasteiger partial charge is 0.459 e. The number of hydrogen-bond donors (Lipinski definition) is 2. The second-order valence-corrected chi connectivity index (χ2v) is 8.37. The molecule has 2 N–H and O–H groups in total. The Morgan fingerprint density at radius 3 is 2.87 bits per heavy atom. The smallest absolute Gasteiger partial charge is 0.287 e. The highest BCUT2D eigenvalue weighted by Crippen LogP contribution is 2.28. The highest BCUT2D eigenvalue weighted by Gasteiger charge is 2.15. The maximum absolute atomic E-state index is 12.3. The standard InChI is InChI=1S/C19H18N6O3S2/c1-11-5-3-7-13-16(11)22-18(30-13)21-15(26)10-29-19-24-23-14(25(19)2)9-20-17(27)12-6-4-8-28-12/h3-8H,9-10H2,1-2H3,(H,20,27)(H,21,22,26). The molecular formula is C19H18N6O3S2. The molecule has 9 nitrogen and oxygen atoms in total. The molecule has 0 aliphatic carbocycles. The quantitative estimate of drug-likeness (QED) is 0.423. The summed E-state index contributed by atoms with van der Waals surface area (Å²) in [5, 5.41) is 14.9. The summed E-state index contributed by atoms with van der Waals surface area (Å²) >= 11 is 2.70. The molecule has 0 saturated carbocycles. The zero-order valence-electron chi connectivity index (χ0n) is 16.2. The molecule has 30 heavy (non-hydrogen) atoms. The third-order valence-corrected chi connectivity index (χ3v) is 6.23. The number of fused-ring (bicyclic) bond motifs is 1. The average molecular weight is 443 g/mol. The molecule has 4 aromatic rings. The topological polar surface area (TPSA) is 115 Å². The first-order valence-electron chi connectivity index (χ1n) is 9.00. The number of thiazole rings is 1. The summed E-state index contributed by atoms with van der Waals surface area (Å²) in [5.74, 6) is 0.461. The van der Waals surface area contributed by atoms with Gasteiger partial charge in [0.2, 0.25) is 5.91 Å². The van der Waals surface area contributed by atoms with Crippen LogP contribution in [0.2, 0.25) is 0 Å². The van der Waals surface area contributed by atoms with Gasteiger partial charge in [-0.05, 0) is 30.7 Å². The van der Waals surface area contributed by atoms with Gasteiger partial charge >= 0.3 is 0 Å². The minimum atomic E-state index is -0.331. The normalized spacial score (nSPS) is 11.0. The zero-order chi connectivity index (χ0) is 21.1. The number of amides is 2. The Morgan fingerprint density at radius 2 is 2.10 bits per heavy atom. The number of hydrogen-bond acceptors (Lipinski definition) is 8. The second kappa shape index (κ2) is 8.67. The molecule has 0 bridgehead atoms. The Morgan fingerprint density at radius 1 is 1.23 bits per heavy atom. The number of carbonyl (C=O) groups is 2. The van der Waals surface area contributed by atoms with E-state index in [9.17, 15) is 9.59 Å². The van der Waals surface area contributed by atoms with Crippen molar-refractivity contribution in [1.29, 1.82) is 0 Å². The van der Waals surface area contributed by atoms with Crippen LogP contribution in [0.25, 0.3) is 10.2 Å². The van der Waals surface area contributed by atoms with Crippen molar-refractivity contribution in [2.75, 3.05) is 11.1 Å². The van der Waals surface area contributed by atoms with Crippen LogP contribution in [0.4, 0.5) is 5.13 Å². The van der Waals surface area contributed by atoms with Gasteiger partial charge in [0.1, 0.15) is 0 Å². The summed E-state index contributed by atoms with van der Waals surface area (Å²) in [5.41, 5.74) is 1.98. The number of aromatic nitrogens is 4. The molecule has 0 radical (unpaired) electrons. The predicted octanol–water partition coefficient (Wildman–Crippen LogP) is 2.99. The van der Waals surface area contributed by atoms with Crippen molar-refractivity contribution < 1.29 is 14.0 Å². The van der Waals surface area contributed by atoms with Crippen LogP contribution in [-0.2, 0) is 18.4 Å². The number of anilines is 1. The molecule has 2 amide bonds. The van der Waals surface area contributed by atoms with Gasteiger partial charge in [0, 0.05) is 7.05 Å². The average Bonchev–Trinajstić information content (AvgIpc) is 3.46. The molecule has 0 unspecified atom stereocenters. The second-order valence-electron chi connectivity index (χ2n) is 6.40. The molecule has 0 spiro atoms. The zero-order valence-corrected chi connectivity index (χ0v) is 17.8. The number of nitrogens with one attached hydrogen (secondary N) is 2. The summed E-state index contributed by atoms with van der Waals surface area (Å²) in [6, 6.07) is 9.17. The van der Waals surface area contributed by atoms with E-state index in [4.69, 9.17) is 4.42 Å². The van der Waals surface area contributed by atoms with Crippen molar-refractivity contribution in [2.24, 2.45) is 7.05 Å². The number of carbonyl (C=O) groups excluding carboxylic acids is 2. The van der Waals surface area contributed by atoms with Crippen LogP contribution in [0, 0.1) is 6.92 Å². The fraction of sp³-hybridized carbons (Fsp3) is 0.211. The number of rotatable bonds is 7. The lowest BCUT2D eigenvalue weighted by Crippen LogP contribution is -2.24. The fourth-order valence-corrected chi connectivity index (χ4v) is 4.39. The van der Waals surface area contributed by atoms with Crippen molar-refractivity contribution in [2.45, 2.75) is 18.6 Å². The highest BCUT2D eigenvalue weighted by atomic mass is 32.2. The van der Waals surface area contributed by atoms with Gasteiger partial charge in [-0.1, -0.05) is 35.2 Å². The fourth-order valence-electron chi connectivity index (χ4n) is 2.70. The van der Waals surface area contributed by atoms with E-state index in [1.165, 1.54) is 29.4 Å². The SMILES string of the molecule is Cc1cccc2sc(NC(=O)CSc3nnc(CNC(=O)c4ccco4)n3C)nc12. The number of nitrogens with zero attached hydrogens (tertiary/aromatic N) is 4. The predicted molar refractivity (Wildman–Crippen MR) is 115 cm³/mol. The van der Waals surface area contributed by atoms with E-state index in [0.29, 0.717) is 16.1 Å². The number of benzene rings is 1. The van der Waals surface area contributed by atoms with Gasteiger partial charge in [-0.25, -0.2) is 4.98 Å². The van der Waals surface area contributed by atoms with Crippen molar-refractivity contribution >= 4 is 50.3 Å². The minimum Gasteiger partial charge on any atom is -0.459 e. The van der Waals surface area contributed by atoms with Crippen molar-refractivity contribution in [1.82, 2.24) is 25.1 Å². The summed E-state index contributed by atoms with van der Waals surface area (Å²) in [6.07, 6.45) is 1.44. The van der Waals surface area contributed by atoms with Gasteiger partial charge < -0.3 is 19.6 Å². The van der Waals surface area contributed by atoms with E-state index in [-0.39, 0.29) is 29.9 Å². The highest BCUT2D eigenvalue weighted by molar-refractivity contribution is 7.99. The van der Waals surface area contributed by atoms with Crippen LogP contribution in [-0.4, -0.2) is 37.3 Å². The molecular weight excluding hydrogens is 424 g/mol. The minimum absolute atomic E-state index is 0.166. The molecule has 0 saturated heterocycles. The van der Waals surface area contributed by atoms with Crippen molar-refractivity contribution in [3.63, 3.8) is 0 Å². The van der Waals surface area contributed by atoms with E-state index in [1.807, 2.05) is 25.1 Å². The van der Waals surface area contributed by atoms with Crippen LogP contribution in [0.1, 0.15) is 21.9 Å². The number of para-hydroxylation sites is 1. The van der Waals surface area contributed by atoms with Crippen LogP contribution in [0.15, 0.2) is 46.2 Å². The number of aryl methyl sites for hydroxylation is 1. The monoisotopic (exact) mass is 442 g/mol. The van der Waals surface area contributed by atoms with Crippen LogP contribution in [0.3, 0.4) is 0 Å². The lowest BCUT2D eigenvalue weighted by molar-refractivity contribution is -0.113. The summed E-state index contributed by atoms with van der Waals surface area (Å²) in [6.45, 7) is 2.19. The molecule has 3 aromatic heterocycles. The molecule has 154 valence electrons. The maximum atomic E-state index is 12.3. The molecule has 0 aliphatic rings. The molecule has 3 heterocycles. The molecule has 0 atom stereocenters. The third kappa shape index (κ3) is 4.36. The molecule has 1 aromatic carbocycles. The summed E-state index contributed by atoms with van der Waals surface area (Å²) < 4.78 is 7.82. The summed E-state index contributed by atoms with van der Waals surface area (Å²) in [4.78, 5) is 28.8. The van der Waals surface area contributed by atoms with Gasteiger partial charge in [-0.15, -0.1) is 10.2 Å². The van der Waals surface area contributed by atoms with Gasteiger partial charge in [0.25, 0.3) is 5.91 Å². The number of thioether (sulfide) groups is 1. The maximum Gasteiger partial charge on any atom is 0.287 e. The van der Waals surface area contributed by atoms with E-state index in [1.54, 1.807) is 23.7 Å². The van der Waals surface area contributed by atoms with E-state index in [2.05, 4.69) is 25.8 Å². The Bertz CT molecular complexity index is 1200. The Kier molecular flexibility index (Phi) is 5.81. The molecule has 0 fully saturated rings. The number of furan rings is 1. The Balaban J connectivity index is 1.31. The molecule has 11 heteroatoms. The third-order valence-electron chi connectivity index (χ3n) is 4.28. The van der Waals surface area contributed by atoms with Gasteiger partial charge in [-0.3, -0.25) is 9.59 Å². The lowest BCUT2D eigenvalue weighted by atomic mass is 10.2. The van der Waals surface area contributed by atoms with Crippen molar-refractivity contribution in [3.8, 4) is 0 Å². The first kappa shape index (κ1) is 20.1. The van der Waals surface area contributed by atoms with Crippen LogP contribution in [0.5, 0.6) is 0 Å². The first-order chi connectivity index (χ1) is 14.5. The van der Waals surface area contributed by atoms with Gasteiger partial charge in [0.15, 0.2) is 21.9 Å². The van der Waals surface area contributed by atoms with Crippen LogP contribution >= 0.6 is 23.1 Å². The van der Waals surface area contributed by atoms with E-state index in [0.717, 1.165) is 15.8 Å². The Labute approximate surface area is 179 Å². The first-order valence-corrected chi connectivity index (χ1v) is 10.8. The van der Waals surface area contributed by atoms with Gasteiger partial charge in [-0.2, -0.15) is 0 Å².